The highest BCUT2D eigenvalue weighted by molar-refractivity contribution is 9.10. The topological polar surface area (TPSA) is 58.6 Å². The average molecular weight is 536 g/mol. The van der Waals surface area contributed by atoms with E-state index in [9.17, 15) is 9.59 Å². The first-order valence-electron chi connectivity index (χ1n) is 11.6. The lowest BCUT2D eigenvalue weighted by molar-refractivity contribution is -0.143. The Kier molecular flexibility index (Phi) is 9.63. The van der Waals surface area contributed by atoms with Gasteiger partial charge in [-0.3, -0.25) is 9.59 Å². The summed E-state index contributed by atoms with van der Waals surface area (Å²) in [6.07, 6.45) is 6.03. The highest BCUT2D eigenvalue weighted by atomic mass is 79.9. The van der Waals surface area contributed by atoms with Gasteiger partial charge in [0.2, 0.25) is 5.91 Å². The summed E-state index contributed by atoms with van der Waals surface area (Å²) in [4.78, 5) is 28.3. The Bertz CT molecular complexity index is 962. The minimum atomic E-state index is -0.558. The Hall–Kier alpha value is -2.05. The molecule has 1 N–H and O–H groups in total. The molecule has 178 valence electrons. The van der Waals surface area contributed by atoms with Crippen LogP contribution in [-0.4, -0.2) is 35.4 Å². The van der Waals surface area contributed by atoms with Gasteiger partial charge < -0.3 is 15.0 Å². The van der Waals surface area contributed by atoms with E-state index in [0.29, 0.717) is 28.2 Å². The normalized spacial score (nSPS) is 15.0. The van der Waals surface area contributed by atoms with Gasteiger partial charge in [0, 0.05) is 17.6 Å². The van der Waals surface area contributed by atoms with Gasteiger partial charge in [0.25, 0.3) is 5.91 Å². The molecule has 1 fully saturated rings. The van der Waals surface area contributed by atoms with E-state index in [1.807, 2.05) is 38.1 Å². The third-order valence-corrected chi connectivity index (χ3v) is 6.87. The largest absolute Gasteiger partial charge is 0.483 e. The molecule has 1 aliphatic rings. The molecule has 1 saturated carbocycles. The van der Waals surface area contributed by atoms with Crippen molar-refractivity contribution in [2.45, 2.75) is 71.0 Å². The number of benzene rings is 2. The first kappa shape index (κ1) is 25.6. The molecule has 2 amide bonds. The van der Waals surface area contributed by atoms with E-state index >= 15 is 0 Å². The van der Waals surface area contributed by atoms with E-state index in [0.717, 1.165) is 36.8 Å². The lowest BCUT2D eigenvalue weighted by Crippen LogP contribution is -2.52. The summed E-state index contributed by atoms with van der Waals surface area (Å²) >= 11 is 9.42. The molecule has 5 nitrogen and oxygen atoms in total. The number of carbonyl (C=O) groups is 2. The van der Waals surface area contributed by atoms with Crippen LogP contribution in [0.4, 0.5) is 0 Å². The van der Waals surface area contributed by atoms with Gasteiger partial charge in [-0.05, 0) is 65.9 Å². The van der Waals surface area contributed by atoms with Crippen LogP contribution in [0.1, 0.15) is 56.6 Å². The molecule has 33 heavy (non-hydrogen) atoms. The van der Waals surface area contributed by atoms with Crippen molar-refractivity contribution in [3.8, 4) is 5.75 Å². The Labute approximate surface area is 210 Å². The van der Waals surface area contributed by atoms with Crippen molar-refractivity contribution < 1.29 is 14.3 Å². The third-order valence-electron chi connectivity index (χ3n) is 6.02. The maximum Gasteiger partial charge on any atom is 0.261 e. The van der Waals surface area contributed by atoms with Crippen LogP contribution in [0.5, 0.6) is 5.75 Å². The van der Waals surface area contributed by atoms with E-state index in [2.05, 4.69) is 21.2 Å². The molecule has 0 radical (unpaired) electrons. The Balaban J connectivity index is 1.77. The second-order valence-electron chi connectivity index (χ2n) is 8.64. The summed E-state index contributed by atoms with van der Waals surface area (Å²) in [6, 6.07) is 12.8. The molecule has 0 unspecified atom stereocenters. The van der Waals surface area contributed by atoms with Crippen LogP contribution in [0.15, 0.2) is 46.9 Å². The van der Waals surface area contributed by atoms with Gasteiger partial charge in [-0.15, -0.1) is 0 Å². The van der Waals surface area contributed by atoms with E-state index < -0.39 is 6.04 Å². The monoisotopic (exact) mass is 534 g/mol. The predicted octanol–water partition coefficient (Wildman–Crippen LogP) is 6.05. The number of ether oxygens (including phenoxy) is 1. The first-order chi connectivity index (χ1) is 15.9. The Morgan fingerprint density at radius 3 is 2.61 bits per heavy atom. The molecule has 1 aliphatic carbocycles. The van der Waals surface area contributed by atoms with Crippen molar-refractivity contribution in [2.24, 2.45) is 0 Å². The van der Waals surface area contributed by atoms with Crippen LogP contribution in [-0.2, 0) is 16.1 Å². The van der Waals surface area contributed by atoms with Crippen molar-refractivity contribution in [3.05, 3.63) is 63.1 Å². The molecular weight excluding hydrogens is 504 g/mol. The molecule has 0 bridgehead atoms. The number of nitrogens with one attached hydrogen (secondary N) is 1. The highest BCUT2D eigenvalue weighted by Gasteiger charge is 2.30. The van der Waals surface area contributed by atoms with Gasteiger partial charge in [-0.2, -0.15) is 0 Å². The lowest BCUT2D eigenvalue weighted by atomic mass is 9.95. The minimum absolute atomic E-state index is 0.0851. The number of halogens is 2. The molecule has 3 rings (SSSR count). The number of nitrogens with zero attached hydrogens (tertiary/aromatic N) is 1. The summed E-state index contributed by atoms with van der Waals surface area (Å²) in [5.74, 6) is 0.213. The minimum Gasteiger partial charge on any atom is -0.483 e. The van der Waals surface area contributed by atoms with E-state index in [1.165, 1.54) is 6.42 Å². The van der Waals surface area contributed by atoms with Crippen molar-refractivity contribution in [3.63, 3.8) is 0 Å². The number of hydrogen-bond acceptors (Lipinski definition) is 3. The second-order valence-corrected chi connectivity index (χ2v) is 9.93. The zero-order valence-corrected chi connectivity index (χ0v) is 21.6. The van der Waals surface area contributed by atoms with Gasteiger partial charge in [-0.25, -0.2) is 0 Å². The highest BCUT2D eigenvalue weighted by Crippen LogP contribution is 2.28. The smallest absolute Gasteiger partial charge is 0.261 e. The summed E-state index contributed by atoms with van der Waals surface area (Å²) in [7, 11) is 0. The van der Waals surface area contributed by atoms with Crippen molar-refractivity contribution >= 4 is 39.3 Å². The van der Waals surface area contributed by atoms with Crippen LogP contribution >= 0.6 is 27.5 Å². The molecule has 0 spiro atoms. The SMILES string of the molecule is CC[C@H](C(=O)NC1CCCCC1)N(Cc1cccc(C)c1)C(=O)COc1ccc(Cl)cc1Br. The number of amides is 2. The maximum absolute atomic E-state index is 13.4. The summed E-state index contributed by atoms with van der Waals surface area (Å²) in [6.45, 7) is 4.14. The quantitative estimate of drug-likeness (QED) is 0.425. The van der Waals surface area contributed by atoms with E-state index in [-0.39, 0.29) is 24.5 Å². The van der Waals surface area contributed by atoms with Crippen LogP contribution in [0.2, 0.25) is 5.02 Å². The van der Waals surface area contributed by atoms with Gasteiger partial charge in [0.1, 0.15) is 11.8 Å². The molecule has 7 heteroatoms. The fourth-order valence-corrected chi connectivity index (χ4v) is 5.08. The summed E-state index contributed by atoms with van der Waals surface area (Å²) < 4.78 is 6.47. The number of rotatable bonds is 9. The first-order valence-corrected chi connectivity index (χ1v) is 12.8. The maximum atomic E-state index is 13.4. The molecule has 2 aromatic carbocycles. The zero-order chi connectivity index (χ0) is 23.8. The fraction of sp³-hybridized carbons (Fsp3) is 0.462. The third kappa shape index (κ3) is 7.47. The van der Waals surface area contributed by atoms with Crippen molar-refractivity contribution in [2.75, 3.05) is 6.61 Å². The Morgan fingerprint density at radius 2 is 1.94 bits per heavy atom. The number of aryl methyl sites for hydroxylation is 1. The molecule has 0 saturated heterocycles. The second kappa shape index (κ2) is 12.4. The molecule has 1 atom stereocenters. The van der Waals surface area contributed by atoms with Crippen LogP contribution in [0.3, 0.4) is 0 Å². The zero-order valence-electron chi connectivity index (χ0n) is 19.3. The van der Waals surface area contributed by atoms with Crippen LogP contribution < -0.4 is 10.1 Å². The number of hydrogen-bond donors (Lipinski definition) is 1. The van der Waals surface area contributed by atoms with Crippen molar-refractivity contribution in [1.82, 2.24) is 10.2 Å². The van der Waals surface area contributed by atoms with Crippen LogP contribution in [0, 0.1) is 6.92 Å². The number of carbonyl (C=O) groups excluding carboxylic acids is 2. The van der Waals surface area contributed by atoms with Gasteiger partial charge >= 0.3 is 0 Å². The molecular formula is C26H32BrClN2O3. The van der Waals surface area contributed by atoms with Crippen molar-refractivity contribution in [1.29, 1.82) is 0 Å². The molecule has 0 aromatic heterocycles. The van der Waals surface area contributed by atoms with Gasteiger partial charge in [0.15, 0.2) is 6.61 Å². The Morgan fingerprint density at radius 1 is 1.18 bits per heavy atom. The average Bonchev–Trinajstić information content (AvgIpc) is 2.79. The van der Waals surface area contributed by atoms with Crippen LogP contribution in [0.25, 0.3) is 0 Å². The summed E-state index contributed by atoms with van der Waals surface area (Å²) in [5, 5.41) is 3.77. The van der Waals surface area contributed by atoms with E-state index in [1.54, 1.807) is 23.1 Å². The lowest BCUT2D eigenvalue weighted by Gasteiger charge is -2.32. The molecule has 0 heterocycles. The van der Waals surface area contributed by atoms with Gasteiger partial charge in [-0.1, -0.05) is 67.6 Å². The fourth-order valence-electron chi connectivity index (χ4n) is 4.29. The standard InChI is InChI=1S/C26H32BrClN2O3/c1-3-23(26(32)29-21-10-5-4-6-11-21)30(16-19-9-7-8-18(2)14-19)25(31)17-33-24-13-12-20(28)15-22(24)27/h7-9,12-15,21,23H,3-6,10-11,16-17H2,1-2H3,(H,29,32)/t23-/m1/s1. The molecule has 2 aromatic rings. The molecule has 0 aliphatic heterocycles. The van der Waals surface area contributed by atoms with E-state index in [4.69, 9.17) is 16.3 Å². The summed E-state index contributed by atoms with van der Waals surface area (Å²) in [5.41, 5.74) is 2.10. The predicted molar refractivity (Wildman–Crippen MR) is 135 cm³/mol. The van der Waals surface area contributed by atoms with Gasteiger partial charge in [0.05, 0.1) is 4.47 Å².